The Bertz CT molecular complexity index is 2810. The first-order chi connectivity index (χ1) is 26.7. The molecule has 0 spiro atoms. The Kier molecular flexibility index (Phi) is 8.57. The zero-order valence-corrected chi connectivity index (χ0v) is 29.3. The third-order valence-electron chi connectivity index (χ3n) is 9.76. The lowest BCUT2D eigenvalue weighted by Gasteiger charge is -2.18. The van der Waals surface area contributed by atoms with Crippen LogP contribution in [-0.2, 0) is 0 Å². The molecule has 252 valence electrons. The quantitative estimate of drug-likeness (QED) is 0.167. The summed E-state index contributed by atoms with van der Waals surface area (Å²) in [6, 6.07) is 68.9. The van der Waals surface area contributed by atoms with E-state index < -0.39 is 0 Å². The van der Waals surface area contributed by atoms with E-state index in [2.05, 4.69) is 133 Å². The summed E-state index contributed by atoms with van der Waals surface area (Å²) < 4.78 is 0. The Labute approximate surface area is 314 Å². The molecule has 0 radical (unpaired) electrons. The number of nitriles is 1. The number of hydrogen-bond acceptors (Lipinski definition) is 4. The summed E-state index contributed by atoms with van der Waals surface area (Å²) in [4.78, 5) is 15.0. The third kappa shape index (κ3) is 6.43. The maximum atomic E-state index is 9.75. The maximum Gasteiger partial charge on any atom is 0.164 e. The summed E-state index contributed by atoms with van der Waals surface area (Å²) in [6.45, 7) is 0. The first-order valence-electron chi connectivity index (χ1n) is 17.9. The number of benzene rings is 8. The van der Waals surface area contributed by atoms with Gasteiger partial charge in [0.25, 0.3) is 0 Å². The monoisotopic (exact) mass is 688 g/mol. The summed E-state index contributed by atoms with van der Waals surface area (Å²) >= 11 is 0. The molecule has 4 nitrogen and oxygen atoms in total. The molecule has 0 atom stereocenters. The summed E-state index contributed by atoms with van der Waals surface area (Å²) in [5, 5.41) is 12.1. The Hall–Kier alpha value is -7.48. The highest BCUT2D eigenvalue weighted by atomic mass is 15.0. The third-order valence-corrected chi connectivity index (χ3v) is 9.76. The van der Waals surface area contributed by atoms with Crippen LogP contribution in [0.5, 0.6) is 0 Å². The maximum absolute atomic E-state index is 9.75. The topological polar surface area (TPSA) is 62.5 Å². The normalized spacial score (nSPS) is 10.9. The minimum absolute atomic E-state index is 0.611. The van der Waals surface area contributed by atoms with Gasteiger partial charge in [-0.1, -0.05) is 164 Å². The van der Waals surface area contributed by atoms with Crippen molar-refractivity contribution in [3.8, 4) is 84.7 Å². The highest BCUT2D eigenvalue weighted by molar-refractivity contribution is 5.95. The minimum atomic E-state index is 0.611. The fraction of sp³-hybridized carbons (Fsp3) is 0. The summed E-state index contributed by atoms with van der Waals surface area (Å²) in [6.07, 6.45) is 0. The first kappa shape index (κ1) is 32.4. The number of hydrogen-bond donors (Lipinski definition) is 0. The van der Waals surface area contributed by atoms with Crippen LogP contribution in [0, 0.1) is 11.3 Å². The predicted molar refractivity (Wildman–Crippen MR) is 220 cm³/mol. The molecule has 8 aromatic carbocycles. The van der Waals surface area contributed by atoms with Gasteiger partial charge in [-0.25, -0.2) is 15.0 Å². The van der Waals surface area contributed by atoms with Crippen molar-refractivity contribution in [3.63, 3.8) is 0 Å². The van der Waals surface area contributed by atoms with Crippen molar-refractivity contribution in [1.82, 2.24) is 15.0 Å². The number of aromatic nitrogens is 3. The molecule has 0 aliphatic carbocycles. The second kappa shape index (κ2) is 14.3. The second-order valence-electron chi connectivity index (χ2n) is 13.2. The van der Waals surface area contributed by atoms with Gasteiger partial charge in [0.05, 0.1) is 11.6 Å². The van der Waals surface area contributed by atoms with E-state index in [4.69, 9.17) is 15.0 Å². The van der Waals surface area contributed by atoms with Crippen LogP contribution in [0.4, 0.5) is 0 Å². The number of nitrogens with zero attached hydrogens (tertiary/aromatic N) is 4. The molecule has 0 saturated heterocycles. The van der Waals surface area contributed by atoms with Gasteiger partial charge in [0.15, 0.2) is 17.5 Å². The second-order valence-corrected chi connectivity index (χ2v) is 13.2. The molecule has 0 bridgehead atoms. The van der Waals surface area contributed by atoms with Gasteiger partial charge in [-0.2, -0.15) is 5.26 Å². The van der Waals surface area contributed by atoms with Crippen LogP contribution in [-0.4, -0.2) is 15.0 Å². The number of fused-ring (bicyclic) bond motifs is 1. The van der Waals surface area contributed by atoms with E-state index >= 15 is 0 Å². The Balaban J connectivity index is 1.20. The Morgan fingerprint density at radius 2 is 0.704 bits per heavy atom. The van der Waals surface area contributed by atoms with Crippen LogP contribution in [0.15, 0.2) is 194 Å². The van der Waals surface area contributed by atoms with Crippen LogP contribution in [0.25, 0.3) is 89.4 Å². The zero-order valence-electron chi connectivity index (χ0n) is 29.3. The molecule has 0 amide bonds. The smallest absolute Gasteiger partial charge is 0.164 e. The van der Waals surface area contributed by atoms with Crippen molar-refractivity contribution in [2.24, 2.45) is 0 Å². The van der Waals surface area contributed by atoms with E-state index in [9.17, 15) is 5.26 Å². The standard InChI is InChI=1S/C50H32N4/c51-33-34-13-12-22-42(29-34)47-32-44(36-15-4-1-5-16-36)46(31-45(47)37-17-6-2-7-18-37)38-24-26-40(27-25-38)49-52-48(39-19-8-3-9-20-39)53-50(54-49)43-28-23-35-14-10-11-21-41(35)30-43/h1-32H. The predicted octanol–water partition coefficient (Wildman–Crippen LogP) is 12.6. The van der Waals surface area contributed by atoms with Gasteiger partial charge in [-0.05, 0) is 85.6 Å². The summed E-state index contributed by atoms with van der Waals surface area (Å²) in [5.41, 5.74) is 12.0. The van der Waals surface area contributed by atoms with Crippen molar-refractivity contribution in [2.75, 3.05) is 0 Å². The van der Waals surface area contributed by atoms with E-state index in [0.717, 1.165) is 66.6 Å². The van der Waals surface area contributed by atoms with E-state index in [1.165, 1.54) is 5.39 Å². The highest BCUT2D eigenvalue weighted by Crippen LogP contribution is 2.42. The molecule has 9 rings (SSSR count). The molecule has 1 heterocycles. The molecule has 9 aromatic rings. The van der Waals surface area contributed by atoms with E-state index in [1.54, 1.807) is 0 Å². The molecular weight excluding hydrogens is 657 g/mol. The highest BCUT2D eigenvalue weighted by Gasteiger charge is 2.18. The number of rotatable bonds is 7. The Morgan fingerprint density at radius 3 is 1.28 bits per heavy atom. The van der Waals surface area contributed by atoms with Gasteiger partial charge in [0.1, 0.15) is 0 Å². The molecule has 0 aliphatic heterocycles. The molecule has 4 heteroatoms. The van der Waals surface area contributed by atoms with Crippen molar-refractivity contribution in [1.29, 1.82) is 5.26 Å². The van der Waals surface area contributed by atoms with Crippen molar-refractivity contribution >= 4 is 10.8 Å². The first-order valence-corrected chi connectivity index (χ1v) is 17.9. The van der Waals surface area contributed by atoms with E-state index in [1.807, 2.05) is 66.7 Å². The van der Waals surface area contributed by atoms with Gasteiger partial charge >= 0.3 is 0 Å². The lowest BCUT2D eigenvalue weighted by Crippen LogP contribution is -2.00. The van der Waals surface area contributed by atoms with Crippen LogP contribution in [0.1, 0.15) is 5.56 Å². The lowest BCUT2D eigenvalue weighted by atomic mass is 9.85. The molecular formula is C50H32N4. The SMILES string of the molecule is N#Cc1cccc(-c2cc(-c3ccccc3)c(-c3ccc(-c4nc(-c5ccccc5)nc(-c5ccc6ccccc6c5)n4)cc3)cc2-c2ccccc2)c1. The van der Waals surface area contributed by atoms with Crippen LogP contribution in [0.2, 0.25) is 0 Å². The van der Waals surface area contributed by atoms with E-state index in [0.29, 0.717) is 23.0 Å². The molecule has 0 unspecified atom stereocenters. The van der Waals surface area contributed by atoms with Crippen LogP contribution >= 0.6 is 0 Å². The lowest BCUT2D eigenvalue weighted by molar-refractivity contribution is 1.07. The minimum Gasteiger partial charge on any atom is -0.208 e. The average molecular weight is 689 g/mol. The van der Waals surface area contributed by atoms with Crippen molar-refractivity contribution < 1.29 is 0 Å². The molecule has 54 heavy (non-hydrogen) atoms. The molecule has 0 N–H and O–H groups in total. The van der Waals surface area contributed by atoms with Gasteiger partial charge in [-0.3, -0.25) is 0 Å². The summed E-state index contributed by atoms with van der Waals surface area (Å²) in [7, 11) is 0. The van der Waals surface area contributed by atoms with Gasteiger partial charge in [0.2, 0.25) is 0 Å². The molecule has 0 saturated carbocycles. The molecule has 1 aromatic heterocycles. The van der Waals surface area contributed by atoms with Crippen LogP contribution in [0.3, 0.4) is 0 Å². The van der Waals surface area contributed by atoms with Crippen molar-refractivity contribution in [3.05, 3.63) is 200 Å². The van der Waals surface area contributed by atoms with Gasteiger partial charge < -0.3 is 0 Å². The summed E-state index contributed by atoms with van der Waals surface area (Å²) in [5.74, 6) is 1.87. The van der Waals surface area contributed by atoms with Crippen LogP contribution < -0.4 is 0 Å². The fourth-order valence-corrected chi connectivity index (χ4v) is 7.02. The zero-order chi connectivity index (χ0) is 36.3. The molecule has 0 fully saturated rings. The Morgan fingerprint density at radius 1 is 0.296 bits per heavy atom. The average Bonchev–Trinajstić information content (AvgIpc) is 3.26. The fourth-order valence-electron chi connectivity index (χ4n) is 7.02. The van der Waals surface area contributed by atoms with Gasteiger partial charge in [0, 0.05) is 16.7 Å². The van der Waals surface area contributed by atoms with Gasteiger partial charge in [-0.15, -0.1) is 0 Å². The van der Waals surface area contributed by atoms with Crippen molar-refractivity contribution in [2.45, 2.75) is 0 Å². The molecule has 0 aliphatic rings. The van der Waals surface area contributed by atoms with E-state index in [-0.39, 0.29) is 0 Å². The largest absolute Gasteiger partial charge is 0.208 e.